The fraction of sp³-hybridized carbons (Fsp3) is 0.333. The number of aryl methyl sites for hydroxylation is 1. The van der Waals surface area contributed by atoms with Gasteiger partial charge in [-0.2, -0.15) is 0 Å². The summed E-state index contributed by atoms with van der Waals surface area (Å²) in [5, 5.41) is 0. The van der Waals surface area contributed by atoms with Crippen molar-refractivity contribution >= 4 is 17.2 Å². The normalized spacial score (nSPS) is 15.4. The molecule has 0 aliphatic carbocycles. The van der Waals surface area contributed by atoms with Crippen LogP contribution in [0.3, 0.4) is 0 Å². The molecule has 1 saturated heterocycles. The Bertz CT molecular complexity index is 573. The summed E-state index contributed by atoms with van der Waals surface area (Å²) in [7, 11) is 0. The molecule has 104 valence electrons. The van der Waals surface area contributed by atoms with Gasteiger partial charge >= 0.3 is 0 Å². The monoisotopic (exact) mass is 269 g/mol. The highest BCUT2D eigenvalue weighted by Gasteiger charge is 2.18. The molecule has 1 aliphatic heterocycles. The highest BCUT2D eigenvalue weighted by molar-refractivity contribution is 5.54. The Hall–Kier alpha value is -2.30. The van der Waals surface area contributed by atoms with Crippen molar-refractivity contribution in [2.45, 2.75) is 6.92 Å². The molecule has 1 aromatic carbocycles. The number of nitrogens with two attached hydrogens (primary N) is 1. The van der Waals surface area contributed by atoms with Gasteiger partial charge < -0.3 is 15.5 Å². The fourth-order valence-electron chi connectivity index (χ4n) is 2.49. The third-order valence-corrected chi connectivity index (χ3v) is 3.65. The van der Waals surface area contributed by atoms with Crippen LogP contribution in [0.4, 0.5) is 17.2 Å². The van der Waals surface area contributed by atoms with Crippen LogP contribution in [0.1, 0.15) is 5.69 Å². The molecule has 0 saturated carbocycles. The molecular weight excluding hydrogens is 250 g/mol. The molecule has 0 unspecified atom stereocenters. The lowest BCUT2D eigenvalue weighted by atomic mass is 10.2. The molecule has 0 amide bonds. The SMILES string of the molecule is Cc1cc(N2CCN(c3ccc(N)cc3)CC2)ncn1. The number of nitrogens with zero attached hydrogens (tertiary/aromatic N) is 4. The Kier molecular flexibility index (Phi) is 3.41. The molecular formula is C15H19N5. The van der Waals surface area contributed by atoms with Gasteiger partial charge in [0, 0.05) is 49.3 Å². The summed E-state index contributed by atoms with van der Waals surface area (Å²) in [6.07, 6.45) is 1.64. The quantitative estimate of drug-likeness (QED) is 0.841. The molecule has 3 rings (SSSR count). The number of rotatable bonds is 2. The second kappa shape index (κ2) is 5.36. The summed E-state index contributed by atoms with van der Waals surface area (Å²) in [6, 6.07) is 10.1. The minimum absolute atomic E-state index is 0.809. The van der Waals surface area contributed by atoms with Crippen molar-refractivity contribution in [2.75, 3.05) is 41.7 Å². The number of aromatic nitrogens is 2. The van der Waals surface area contributed by atoms with E-state index in [9.17, 15) is 0 Å². The van der Waals surface area contributed by atoms with Crippen molar-refractivity contribution in [3.8, 4) is 0 Å². The van der Waals surface area contributed by atoms with Crippen LogP contribution in [0, 0.1) is 6.92 Å². The summed E-state index contributed by atoms with van der Waals surface area (Å²) in [6.45, 7) is 5.93. The van der Waals surface area contributed by atoms with E-state index in [2.05, 4.69) is 31.9 Å². The molecule has 0 atom stereocenters. The van der Waals surface area contributed by atoms with E-state index < -0.39 is 0 Å². The molecule has 1 fully saturated rings. The molecule has 0 bridgehead atoms. The first-order chi connectivity index (χ1) is 9.72. The Morgan fingerprint density at radius 2 is 1.60 bits per heavy atom. The fourth-order valence-corrected chi connectivity index (χ4v) is 2.49. The minimum Gasteiger partial charge on any atom is -0.399 e. The van der Waals surface area contributed by atoms with Crippen LogP contribution in [-0.2, 0) is 0 Å². The van der Waals surface area contributed by atoms with Crippen LogP contribution in [0.5, 0.6) is 0 Å². The van der Waals surface area contributed by atoms with Gasteiger partial charge in [0.1, 0.15) is 12.1 Å². The van der Waals surface area contributed by atoms with E-state index in [4.69, 9.17) is 5.73 Å². The van der Waals surface area contributed by atoms with Crippen LogP contribution < -0.4 is 15.5 Å². The molecule has 0 radical (unpaired) electrons. The molecule has 2 aromatic rings. The van der Waals surface area contributed by atoms with Crippen LogP contribution >= 0.6 is 0 Å². The molecule has 2 heterocycles. The van der Waals surface area contributed by atoms with Crippen LogP contribution in [0.15, 0.2) is 36.7 Å². The maximum atomic E-state index is 5.73. The average molecular weight is 269 g/mol. The lowest BCUT2D eigenvalue weighted by molar-refractivity contribution is 0.646. The van der Waals surface area contributed by atoms with E-state index in [1.807, 2.05) is 25.1 Å². The van der Waals surface area contributed by atoms with Crippen molar-refractivity contribution in [1.82, 2.24) is 9.97 Å². The largest absolute Gasteiger partial charge is 0.399 e. The Morgan fingerprint density at radius 3 is 2.25 bits per heavy atom. The number of piperazine rings is 1. The highest BCUT2D eigenvalue weighted by atomic mass is 15.3. The van der Waals surface area contributed by atoms with Gasteiger partial charge in [0.15, 0.2) is 0 Å². The first-order valence-corrected chi connectivity index (χ1v) is 6.86. The topological polar surface area (TPSA) is 58.3 Å². The third-order valence-electron chi connectivity index (χ3n) is 3.65. The van der Waals surface area contributed by atoms with Crippen molar-refractivity contribution in [1.29, 1.82) is 0 Å². The van der Waals surface area contributed by atoms with E-state index in [-0.39, 0.29) is 0 Å². The Labute approximate surface area is 119 Å². The van der Waals surface area contributed by atoms with Crippen molar-refractivity contribution in [3.05, 3.63) is 42.4 Å². The van der Waals surface area contributed by atoms with E-state index in [1.54, 1.807) is 6.33 Å². The van der Waals surface area contributed by atoms with Gasteiger partial charge in [-0.25, -0.2) is 9.97 Å². The second-order valence-corrected chi connectivity index (χ2v) is 5.08. The predicted octanol–water partition coefficient (Wildman–Crippen LogP) is 1.69. The number of nitrogen functional groups attached to an aromatic ring is 1. The summed E-state index contributed by atoms with van der Waals surface area (Å²) in [5.74, 6) is 1.02. The van der Waals surface area contributed by atoms with E-state index in [0.29, 0.717) is 0 Å². The molecule has 0 spiro atoms. The molecule has 2 N–H and O–H groups in total. The zero-order valence-electron chi connectivity index (χ0n) is 11.7. The van der Waals surface area contributed by atoms with E-state index in [1.165, 1.54) is 5.69 Å². The lowest BCUT2D eigenvalue weighted by Gasteiger charge is -2.36. The van der Waals surface area contributed by atoms with Gasteiger partial charge in [-0.15, -0.1) is 0 Å². The number of anilines is 3. The molecule has 1 aliphatic rings. The summed E-state index contributed by atoms with van der Waals surface area (Å²) in [5.41, 5.74) is 8.78. The van der Waals surface area contributed by atoms with Crippen molar-refractivity contribution in [2.24, 2.45) is 0 Å². The number of hydrogen-bond acceptors (Lipinski definition) is 5. The standard InChI is InChI=1S/C15H19N5/c1-12-10-15(18-11-17-12)20-8-6-19(7-9-20)14-4-2-13(16)3-5-14/h2-5,10-11H,6-9,16H2,1H3. The minimum atomic E-state index is 0.809. The molecule has 5 heteroatoms. The summed E-state index contributed by atoms with van der Waals surface area (Å²) in [4.78, 5) is 13.2. The van der Waals surface area contributed by atoms with Crippen molar-refractivity contribution < 1.29 is 0 Å². The number of benzene rings is 1. The molecule has 1 aromatic heterocycles. The zero-order chi connectivity index (χ0) is 13.9. The first-order valence-electron chi connectivity index (χ1n) is 6.86. The van der Waals surface area contributed by atoms with Crippen LogP contribution in [-0.4, -0.2) is 36.1 Å². The Balaban J connectivity index is 1.66. The van der Waals surface area contributed by atoms with Gasteiger partial charge in [0.05, 0.1) is 0 Å². The maximum Gasteiger partial charge on any atom is 0.132 e. The zero-order valence-corrected chi connectivity index (χ0v) is 11.7. The highest BCUT2D eigenvalue weighted by Crippen LogP contribution is 2.20. The summed E-state index contributed by atoms with van der Waals surface area (Å²) < 4.78 is 0. The lowest BCUT2D eigenvalue weighted by Crippen LogP contribution is -2.46. The maximum absolute atomic E-state index is 5.73. The third kappa shape index (κ3) is 2.66. The van der Waals surface area contributed by atoms with Gasteiger partial charge in [0.2, 0.25) is 0 Å². The number of hydrogen-bond donors (Lipinski definition) is 1. The first kappa shape index (κ1) is 12.7. The van der Waals surface area contributed by atoms with Gasteiger partial charge in [-0.1, -0.05) is 0 Å². The van der Waals surface area contributed by atoms with E-state index in [0.717, 1.165) is 43.4 Å². The van der Waals surface area contributed by atoms with Gasteiger partial charge in [0.25, 0.3) is 0 Å². The van der Waals surface area contributed by atoms with E-state index >= 15 is 0 Å². The summed E-state index contributed by atoms with van der Waals surface area (Å²) >= 11 is 0. The van der Waals surface area contributed by atoms with Crippen LogP contribution in [0.2, 0.25) is 0 Å². The Morgan fingerprint density at radius 1 is 0.950 bits per heavy atom. The average Bonchev–Trinajstić information content (AvgIpc) is 2.48. The second-order valence-electron chi connectivity index (χ2n) is 5.08. The molecule has 20 heavy (non-hydrogen) atoms. The molecule has 5 nitrogen and oxygen atoms in total. The van der Waals surface area contributed by atoms with Crippen LogP contribution in [0.25, 0.3) is 0 Å². The van der Waals surface area contributed by atoms with Crippen molar-refractivity contribution in [3.63, 3.8) is 0 Å². The smallest absolute Gasteiger partial charge is 0.132 e. The predicted molar refractivity (Wildman–Crippen MR) is 82.0 cm³/mol. The van der Waals surface area contributed by atoms with Gasteiger partial charge in [-0.05, 0) is 31.2 Å². The van der Waals surface area contributed by atoms with Gasteiger partial charge in [-0.3, -0.25) is 0 Å².